The third kappa shape index (κ3) is 2.41. The van der Waals surface area contributed by atoms with Crippen molar-refractivity contribution in [2.75, 3.05) is 0 Å². The van der Waals surface area contributed by atoms with Gasteiger partial charge in [-0.25, -0.2) is 0 Å². The van der Waals surface area contributed by atoms with Gasteiger partial charge in [-0.1, -0.05) is 73.7 Å². The highest BCUT2D eigenvalue weighted by Crippen LogP contribution is 2.37. The van der Waals surface area contributed by atoms with Crippen LogP contribution in [0.15, 0.2) is 72.8 Å². The van der Waals surface area contributed by atoms with Crippen LogP contribution >= 0.6 is 0 Å². The first kappa shape index (κ1) is 16.0. The van der Waals surface area contributed by atoms with E-state index in [2.05, 4.69) is 55.5 Å². The number of benzene rings is 4. The van der Waals surface area contributed by atoms with E-state index < -0.39 is 0 Å². The molecule has 0 amide bonds. The molecule has 4 N–H and O–H groups in total. The summed E-state index contributed by atoms with van der Waals surface area (Å²) in [4.78, 5) is 0. The minimum atomic E-state index is 0. The Balaban J connectivity index is 0.00000169. The molecule has 0 aliphatic rings. The fraction of sp³-hybridized carbons (Fsp3) is 0.0909. The largest absolute Gasteiger partial charge is 0.507 e. The molecular weight excluding hydrogens is 294 g/mol. The maximum absolute atomic E-state index is 10.1. The first-order chi connectivity index (χ1) is 11.3. The molecule has 0 saturated heterocycles. The first-order valence-electron chi connectivity index (χ1n) is 8.01. The van der Waals surface area contributed by atoms with Gasteiger partial charge in [-0.2, -0.15) is 0 Å². The highest BCUT2D eigenvalue weighted by atomic mass is 16.3. The summed E-state index contributed by atoms with van der Waals surface area (Å²) in [7, 11) is 0. The van der Waals surface area contributed by atoms with Crippen molar-refractivity contribution in [1.29, 1.82) is 0 Å². The van der Waals surface area contributed by atoms with Gasteiger partial charge in [-0.15, -0.1) is 0 Å². The predicted molar refractivity (Wildman–Crippen MR) is 103 cm³/mol. The summed E-state index contributed by atoms with van der Waals surface area (Å²) in [5.74, 6) is 0.332. The molecule has 2 heteroatoms. The van der Waals surface area contributed by atoms with Gasteiger partial charge in [0.15, 0.2) is 0 Å². The van der Waals surface area contributed by atoms with Crippen LogP contribution in [0.4, 0.5) is 0 Å². The van der Waals surface area contributed by atoms with Crippen LogP contribution in [0, 0.1) is 0 Å². The lowest BCUT2D eigenvalue weighted by molar-refractivity contribution is 0.481. The molecule has 2 nitrogen and oxygen atoms in total. The summed E-state index contributed by atoms with van der Waals surface area (Å²) < 4.78 is 0. The molecule has 120 valence electrons. The van der Waals surface area contributed by atoms with Crippen molar-refractivity contribution in [2.24, 2.45) is 0 Å². The smallest absolute Gasteiger partial charge is 0.123 e. The molecule has 0 unspecified atom stereocenters. The molecule has 0 radical (unpaired) electrons. The molecule has 0 aromatic heterocycles. The predicted octanol–water partition coefficient (Wildman–Crippen LogP) is 6.09. The Hall–Kier alpha value is -2.84. The molecule has 0 bridgehead atoms. The van der Waals surface area contributed by atoms with Crippen molar-refractivity contribution in [3.8, 4) is 16.9 Å². The number of hydrogen-bond donors (Lipinski definition) is 2. The molecule has 4 aromatic carbocycles. The zero-order chi connectivity index (χ0) is 15.8. The number of rotatable bonds is 2. The lowest BCUT2D eigenvalue weighted by Gasteiger charge is -2.13. The standard InChI is InChI=1S/C22H18O.H3N/c1-2-15-13-14-20(17-8-4-3-7-16(15)17)18-9-5-11-21-19(18)10-6-12-22(21)23;/h3-14,23H,2H2,1H3;1H3. The van der Waals surface area contributed by atoms with Gasteiger partial charge in [0.2, 0.25) is 0 Å². The quantitative estimate of drug-likeness (QED) is 0.470. The fourth-order valence-corrected chi connectivity index (χ4v) is 3.43. The summed E-state index contributed by atoms with van der Waals surface area (Å²) in [6, 6.07) is 24.8. The molecule has 4 rings (SSSR count). The molecule has 0 spiro atoms. The molecule has 0 aliphatic heterocycles. The van der Waals surface area contributed by atoms with Crippen LogP contribution in [0.25, 0.3) is 32.7 Å². The van der Waals surface area contributed by atoms with Gasteiger partial charge >= 0.3 is 0 Å². The van der Waals surface area contributed by atoms with E-state index in [1.165, 1.54) is 21.9 Å². The van der Waals surface area contributed by atoms with Gasteiger partial charge in [0.25, 0.3) is 0 Å². The van der Waals surface area contributed by atoms with E-state index in [4.69, 9.17) is 0 Å². The SMILES string of the molecule is CCc1ccc(-c2cccc3c(O)cccc23)c2ccccc12.N. The Labute approximate surface area is 142 Å². The topological polar surface area (TPSA) is 55.2 Å². The monoisotopic (exact) mass is 315 g/mol. The average Bonchev–Trinajstić information content (AvgIpc) is 2.61. The van der Waals surface area contributed by atoms with Gasteiger partial charge in [-0.3, -0.25) is 0 Å². The Morgan fingerprint density at radius 3 is 2.00 bits per heavy atom. The second-order valence-corrected chi connectivity index (χ2v) is 5.85. The van der Waals surface area contributed by atoms with E-state index >= 15 is 0 Å². The van der Waals surface area contributed by atoms with Crippen molar-refractivity contribution in [1.82, 2.24) is 6.15 Å². The molecule has 0 saturated carbocycles. The summed E-state index contributed by atoms with van der Waals surface area (Å²) in [5.41, 5.74) is 3.75. The number of aryl methyl sites for hydroxylation is 1. The Morgan fingerprint density at radius 1 is 0.625 bits per heavy atom. The Kier molecular flexibility index (Phi) is 4.24. The van der Waals surface area contributed by atoms with Crippen molar-refractivity contribution in [3.05, 3.63) is 78.4 Å². The van der Waals surface area contributed by atoms with Crippen LogP contribution in [0.5, 0.6) is 5.75 Å². The van der Waals surface area contributed by atoms with Gasteiger partial charge < -0.3 is 11.3 Å². The Morgan fingerprint density at radius 2 is 1.21 bits per heavy atom. The molecule has 0 aliphatic carbocycles. The second-order valence-electron chi connectivity index (χ2n) is 5.85. The third-order valence-corrected chi connectivity index (χ3v) is 4.58. The highest BCUT2D eigenvalue weighted by Gasteiger charge is 2.10. The third-order valence-electron chi connectivity index (χ3n) is 4.58. The van der Waals surface area contributed by atoms with E-state index in [9.17, 15) is 5.11 Å². The van der Waals surface area contributed by atoms with Crippen LogP contribution in [-0.4, -0.2) is 5.11 Å². The lowest BCUT2D eigenvalue weighted by Crippen LogP contribution is -1.88. The van der Waals surface area contributed by atoms with Gasteiger partial charge in [0, 0.05) is 5.39 Å². The minimum Gasteiger partial charge on any atom is -0.507 e. The maximum atomic E-state index is 10.1. The van der Waals surface area contributed by atoms with Crippen LogP contribution in [0.1, 0.15) is 12.5 Å². The Bertz CT molecular complexity index is 1020. The highest BCUT2D eigenvalue weighted by molar-refractivity contribution is 6.07. The molecule has 0 fully saturated rings. The number of phenols is 1. The summed E-state index contributed by atoms with van der Waals surface area (Å²) >= 11 is 0. The maximum Gasteiger partial charge on any atom is 0.123 e. The normalized spacial score (nSPS) is 10.7. The number of phenolic OH excluding ortho intramolecular Hbond substituents is 1. The number of fused-ring (bicyclic) bond motifs is 2. The van der Waals surface area contributed by atoms with Crippen molar-refractivity contribution in [2.45, 2.75) is 13.3 Å². The zero-order valence-electron chi connectivity index (χ0n) is 13.8. The minimum absolute atomic E-state index is 0. The second kappa shape index (κ2) is 6.34. The summed E-state index contributed by atoms with van der Waals surface area (Å²) in [6.45, 7) is 2.19. The number of hydrogen-bond acceptors (Lipinski definition) is 2. The van der Waals surface area contributed by atoms with Crippen molar-refractivity contribution >= 4 is 21.5 Å². The van der Waals surface area contributed by atoms with E-state index in [1.807, 2.05) is 18.2 Å². The van der Waals surface area contributed by atoms with E-state index in [-0.39, 0.29) is 6.15 Å². The first-order valence-corrected chi connectivity index (χ1v) is 8.01. The van der Waals surface area contributed by atoms with E-state index in [1.54, 1.807) is 6.07 Å². The molecule has 4 aromatic rings. The summed E-state index contributed by atoms with van der Waals surface area (Å²) in [6.07, 6.45) is 1.02. The van der Waals surface area contributed by atoms with Crippen molar-refractivity contribution in [3.63, 3.8) is 0 Å². The van der Waals surface area contributed by atoms with Crippen LogP contribution in [-0.2, 0) is 6.42 Å². The molecule has 24 heavy (non-hydrogen) atoms. The lowest BCUT2D eigenvalue weighted by atomic mass is 9.91. The van der Waals surface area contributed by atoms with Crippen LogP contribution < -0.4 is 6.15 Å². The zero-order valence-corrected chi connectivity index (χ0v) is 13.8. The van der Waals surface area contributed by atoms with Gasteiger partial charge in [0.1, 0.15) is 5.75 Å². The molecular formula is C22H21NO. The molecule has 0 atom stereocenters. The fourth-order valence-electron chi connectivity index (χ4n) is 3.43. The van der Waals surface area contributed by atoms with E-state index in [0.717, 1.165) is 22.8 Å². The summed E-state index contributed by atoms with van der Waals surface area (Å²) in [5, 5.41) is 14.7. The molecule has 0 heterocycles. The number of aromatic hydroxyl groups is 1. The van der Waals surface area contributed by atoms with Gasteiger partial charge in [-0.05, 0) is 45.3 Å². The van der Waals surface area contributed by atoms with Crippen LogP contribution in [0.2, 0.25) is 0 Å². The van der Waals surface area contributed by atoms with Crippen molar-refractivity contribution < 1.29 is 5.11 Å². The van der Waals surface area contributed by atoms with Crippen LogP contribution in [0.3, 0.4) is 0 Å². The van der Waals surface area contributed by atoms with E-state index in [0.29, 0.717) is 5.75 Å². The average molecular weight is 315 g/mol. The van der Waals surface area contributed by atoms with Gasteiger partial charge in [0.05, 0.1) is 0 Å².